The SMILES string of the molecule is COc1cccc(NC(=O)C(Sc2nnc(Nc3ccccc3OC)s2)c2ccccc2)c1. The van der Waals surface area contributed by atoms with Crippen LogP contribution in [0.15, 0.2) is 83.2 Å². The largest absolute Gasteiger partial charge is 0.497 e. The van der Waals surface area contributed by atoms with Crippen molar-refractivity contribution in [2.75, 3.05) is 24.9 Å². The molecule has 0 aliphatic heterocycles. The molecule has 1 amide bonds. The number of aromatic nitrogens is 2. The van der Waals surface area contributed by atoms with E-state index in [0.29, 0.717) is 26.7 Å². The van der Waals surface area contributed by atoms with Crippen molar-refractivity contribution in [2.45, 2.75) is 9.59 Å². The molecule has 0 aliphatic rings. The van der Waals surface area contributed by atoms with Gasteiger partial charge in [-0.1, -0.05) is 71.6 Å². The molecular weight excluding hydrogens is 456 g/mol. The number of methoxy groups -OCH3 is 2. The number of hydrogen-bond donors (Lipinski definition) is 2. The Morgan fingerprint density at radius 3 is 2.52 bits per heavy atom. The summed E-state index contributed by atoms with van der Waals surface area (Å²) >= 11 is 2.72. The van der Waals surface area contributed by atoms with Gasteiger partial charge >= 0.3 is 0 Å². The first-order valence-electron chi connectivity index (χ1n) is 10.1. The van der Waals surface area contributed by atoms with Crippen LogP contribution in [0.25, 0.3) is 0 Å². The zero-order valence-corrected chi connectivity index (χ0v) is 19.7. The molecule has 0 fully saturated rings. The highest BCUT2D eigenvalue weighted by molar-refractivity contribution is 8.02. The summed E-state index contributed by atoms with van der Waals surface area (Å²) in [6.45, 7) is 0. The molecule has 0 radical (unpaired) electrons. The summed E-state index contributed by atoms with van der Waals surface area (Å²) in [4.78, 5) is 13.2. The van der Waals surface area contributed by atoms with E-state index >= 15 is 0 Å². The second-order valence-corrected chi connectivity index (χ2v) is 9.16. The molecule has 0 spiro atoms. The Morgan fingerprint density at radius 2 is 1.73 bits per heavy atom. The fraction of sp³-hybridized carbons (Fsp3) is 0.125. The van der Waals surface area contributed by atoms with Crippen molar-refractivity contribution in [3.05, 3.63) is 84.4 Å². The van der Waals surface area contributed by atoms with Gasteiger partial charge in [-0.25, -0.2) is 0 Å². The van der Waals surface area contributed by atoms with E-state index in [1.165, 1.54) is 23.1 Å². The zero-order chi connectivity index (χ0) is 23.0. The summed E-state index contributed by atoms with van der Waals surface area (Å²) in [5, 5.41) is 14.8. The van der Waals surface area contributed by atoms with Gasteiger partial charge in [0.05, 0.1) is 19.9 Å². The van der Waals surface area contributed by atoms with Crippen LogP contribution < -0.4 is 20.1 Å². The number of carbonyl (C=O) groups is 1. The lowest BCUT2D eigenvalue weighted by Crippen LogP contribution is -2.19. The lowest BCUT2D eigenvalue weighted by Gasteiger charge is -2.16. The summed E-state index contributed by atoms with van der Waals surface area (Å²) < 4.78 is 11.3. The molecule has 9 heteroatoms. The van der Waals surface area contributed by atoms with Crippen LogP contribution in [0.4, 0.5) is 16.5 Å². The van der Waals surface area contributed by atoms with E-state index in [9.17, 15) is 4.79 Å². The summed E-state index contributed by atoms with van der Waals surface area (Å²) in [6, 6.07) is 24.5. The molecule has 168 valence electrons. The van der Waals surface area contributed by atoms with Crippen LogP contribution in [-0.4, -0.2) is 30.3 Å². The van der Waals surface area contributed by atoms with E-state index in [0.717, 1.165) is 11.3 Å². The minimum Gasteiger partial charge on any atom is -0.497 e. The van der Waals surface area contributed by atoms with E-state index in [2.05, 4.69) is 20.8 Å². The number of nitrogens with one attached hydrogen (secondary N) is 2. The number of benzene rings is 3. The Balaban J connectivity index is 1.53. The molecule has 33 heavy (non-hydrogen) atoms. The van der Waals surface area contributed by atoms with Crippen LogP contribution in [0.5, 0.6) is 11.5 Å². The molecule has 1 aromatic heterocycles. The topological polar surface area (TPSA) is 85.4 Å². The fourth-order valence-electron chi connectivity index (χ4n) is 3.08. The van der Waals surface area contributed by atoms with Crippen LogP contribution in [0.1, 0.15) is 10.8 Å². The van der Waals surface area contributed by atoms with Gasteiger partial charge in [0.15, 0.2) is 4.34 Å². The minimum absolute atomic E-state index is 0.158. The first kappa shape index (κ1) is 22.6. The molecule has 4 aromatic rings. The van der Waals surface area contributed by atoms with Crippen LogP contribution in [0, 0.1) is 0 Å². The highest BCUT2D eigenvalue weighted by Gasteiger charge is 2.24. The highest BCUT2D eigenvalue weighted by atomic mass is 32.2. The molecule has 1 atom stereocenters. The lowest BCUT2D eigenvalue weighted by atomic mass is 10.1. The normalized spacial score (nSPS) is 11.5. The Morgan fingerprint density at radius 1 is 0.939 bits per heavy atom. The molecule has 0 bridgehead atoms. The number of ether oxygens (including phenoxy) is 2. The molecule has 7 nitrogen and oxygen atoms in total. The van der Waals surface area contributed by atoms with Crippen molar-refractivity contribution in [1.29, 1.82) is 0 Å². The third kappa shape index (κ3) is 5.82. The summed E-state index contributed by atoms with van der Waals surface area (Å²) in [6.07, 6.45) is 0. The van der Waals surface area contributed by atoms with Gasteiger partial charge in [0.25, 0.3) is 0 Å². The third-order valence-corrected chi connectivity index (χ3v) is 6.83. The Labute approximate surface area is 200 Å². The van der Waals surface area contributed by atoms with Crippen LogP contribution in [-0.2, 0) is 4.79 Å². The summed E-state index contributed by atoms with van der Waals surface area (Å²) in [5.74, 6) is 1.23. The molecule has 0 saturated carbocycles. The molecule has 0 saturated heterocycles. The monoisotopic (exact) mass is 478 g/mol. The maximum Gasteiger partial charge on any atom is 0.242 e. The van der Waals surface area contributed by atoms with Crippen molar-refractivity contribution in [1.82, 2.24) is 10.2 Å². The first-order chi connectivity index (χ1) is 16.2. The minimum atomic E-state index is -0.510. The van der Waals surface area contributed by atoms with Crippen molar-refractivity contribution >= 4 is 45.5 Å². The van der Waals surface area contributed by atoms with E-state index in [4.69, 9.17) is 9.47 Å². The molecular formula is C24H22N4O3S2. The lowest BCUT2D eigenvalue weighted by molar-refractivity contribution is -0.115. The van der Waals surface area contributed by atoms with Gasteiger partial charge in [-0.05, 0) is 29.8 Å². The molecule has 0 aliphatic carbocycles. The standard InChI is InChI=1S/C24H22N4O3S2/c1-30-18-12-8-11-17(15-18)25-22(29)21(16-9-4-3-5-10-16)32-24-28-27-23(33-24)26-19-13-6-7-14-20(19)31-2/h3-15,21H,1-2H3,(H,25,29)(H,26,27). The Bertz CT molecular complexity index is 1220. The van der Waals surface area contributed by atoms with Crippen LogP contribution >= 0.6 is 23.1 Å². The van der Waals surface area contributed by atoms with E-state index in [-0.39, 0.29) is 5.91 Å². The van der Waals surface area contributed by atoms with Gasteiger partial charge in [-0.3, -0.25) is 4.79 Å². The number of para-hydroxylation sites is 2. The van der Waals surface area contributed by atoms with Crippen molar-refractivity contribution in [2.24, 2.45) is 0 Å². The van der Waals surface area contributed by atoms with Gasteiger partial charge < -0.3 is 20.1 Å². The maximum absolute atomic E-state index is 13.2. The number of rotatable bonds is 9. The molecule has 4 rings (SSSR count). The smallest absolute Gasteiger partial charge is 0.242 e. The van der Waals surface area contributed by atoms with E-state index in [1.807, 2.05) is 72.8 Å². The van der Waals surface area contributed by atoms with Crippen LogP contribution in [0.3, 0.4) is 0 Å². The number of carbonyl (C=O) groups excluding carboxylic acids is 1. The number of hydrogen-bond acceptors (Lipinski definition) is 8. The quantitative estimate of drug-likeness (QED) is 0.295. The van der Waals surface area contributed by atoms with Gasteiger partial charge in [0.2, 0.25) is 11.0 Å². The van der Waals surface area contributed by atoms with E-state index < -0.39 is 5.25 Å². The van der Waals surface area contributed by atoms with Crippen molar-refractivity contribution in [3.8, 4) is 11.5 Å². The van der Waals surface area contributed by atoms with Gasteiger partial charge in [-0.2, -0.15) is 0 Å². The number of amides is 1. The van der Waals surface area contributed by atoms with Gasteiger partial charge in [-0.15, -0.1) is 10.2 Å². The van der Waals surface area contributed by atoms with Gasteiger partial charge in [0.1, 0.15) is 16.7 Å². The first-order valence-corrected chi connectivity index (χ1v) is 11.8. The third-order valence-electron chi connectivity index (χ3n) is 4.65. The molecule has 1 unspecified atom stereocenters. The highest BCUT2D eigenvalue weighted by Crippen LogP contribution is 2.39. The van der Waals surface area contributed by atoms with Crippen molar-refractivity contribution in [3.63, 3.8) is 0 Å². The number of anilines is 3. The second kappa shape index (κ2) is 10.8. The van der Waals surface area contributed by atoms with E-state index in [1.54, 1.807) is 20.3 Å². The Hall–Kier alpha value is -3.56. The number of thioether (sulfide) groups is 1. The van der Waals surface area contributed by atoms with Crippen molar-refractivity contribution < 1.29 is 14.3 Å². The molecule has 1 heterocycles. The maximum atomic E-state index is 13.2. The predicted octanol–water partition coefficient (Wildman–Crippen LogP) is 5.77. The Kier molecular flexibility index (Phi) is 7.43. The molecule has 2 N–H and O–H groups in total. The zero-order valence-electron chi connectivity index (χ0n) is 18.0. The summed E-state index contributed by atoms with van der Waals surface area (Å²) in [5.41, 5.74) is 2.33. The predicted molar refractivity (Wildman–Crippen MR) is 133 cm³/mol. The van der Waals surface area contributed by atoms with Gasteiger partial charge in [0, 0.05) is 11.8 Å². The summed E-state index contributed by atoms with van der Waals surface area (Å²) in [7, 11) is 3.21. The fourth-order valence-corrected chi connectivity index (χ4v) is 5.04. The average molecular weight is 479 g/mol. The number of nitrogens with zero attached hydrogens (tertiary/aromatic N) is 2. The average Bonchev–Trinajstić information content (AvgIpc) is 3.30. The van der Waals surface area contributed by atoms with Crippen LogP contribution in [0.2, 0.25) is 0 Å². The molecule has 3 aromatic carbocycles. The second-order valence-electron chi connectivity index (χ2n) is 6.83.